The number of carbonyl (C=O) groups is 1. The monoisotopic (exact) mass is 273 g/mol. The van der Waals surface area contributed by atoms with Gasteiger partial charge in [0.1, 0.15) is 5.25 Å². The number of aromatic nitrogens is 1. The molecule has 1 aliphatic rings. The summed E-state index contributed by atoms with van der Waals surface area (Å²) in [6.45, 7) is 3.91. The van der Waals surface area contributed by atoms with Gasteiger partial charge in [-0.3, -0.25) is 9.69 Å². The second kappa shape index (κ2) is 4.36. The molecule has 18 heavy (non-hydrogen) atoms. The topological polar surface area (TPSA) is 106 Å². The van der Waals surface area contributed by atoms with Crippen molar-refractivity contribution in [1.29, 1.82) is 0 Å². The van der Waals surface area contributed by atoms with Gasteiger partial charge in [-0.05, 0) is 5.92 Å². The molecule has 0 aromatic carbocycles. The van der Waals surface area contributed by atoms with Gasteiger partial charge in [-0.25, -0.2) is 13.6 Å². The van der Waals surface area contributed by atoms with Crippen molar-refractivity contribution < 1.29 is 17.7 Å². The molecule has 2 N–H and O–H groups in total. The Balaban J connectivity index is 2.22. The fourth-order valence-electron chi connectivity index (χ4n) is 1.79. The highest BCUT2D eigenvalue weighted by Gasteiger charge is 2.38. The van der Waals surface area contributed by atoms with Crippen LogP contribution in [0.1, 0.15) is 31.9 Å². The number of nitrogens with two attached hydrogens (primary N) is 1. The number of sulfonamides is 1. The molecule has 100 valence electrons. The summed E-state index contributed by atoms with van der Waals surface area (Å²) in [5.74, 6) is 0.129. The second-order valence-electron chi connectivity index (χ2n) is 4.66. The zero-order valence-corrected chi connectivity index (χ0v) is 11.0. The number of rotatable bonds is 3. The van der Waals surface area contributed by atoms with Crippen LogP contribution in [0.2, 0.25) is 0 Å². The van der Waals surface area contributed by atoms with E-state index in [2.05, 4.69) is 5.16 Å². The number of hydrogen-bond acceptors (Lipinski definition) is 5. The maximum atomic E-state index is 11.7. The maximum Gasteiger partial charge on any atom is 0.234 e. The van der Waals surface area contributed by atoms with Crippen LogP contribution >= 0.6 is 0 Å². The molecule has 8 heteroatoms. The highest BCUT2D eigenvalue weighted by Crippen LogP contribution is 2.26. The molecule has 1 aromatic rings. The van der Waals surface area contributed by atoms with Crippen molar-refractivity contribution in [3.05, 3.63) is 11.8 Å². The van der Waals surface area contributed by atoms with Gasteiger partial charge in [-0.15, -0.1) is 0 Å². The normalized spacial score (nSPS) is 21.0. The van der Waals surface area contributed by atoms with Crippen LogP contribution in [-0.4, -0.2) is 31.3 Å². The first kappa shape index (κ1) is 13.0. The van der Waals surface area contributed by atoms with Gasteiger partial charge in [0.05, 0.1) is 5.69 Å². The van der Waals surface area contributed by atoms with Crippen LogP contribution in [-0.2, 0) is 14.8 Å². The average Bonchev–Trinajstić information content (AvgIpc) is 2.81. The lowest BCUT2D eigenvalue weighted by atomic mass is 10.1. The standard InChI is InChI=1S/C10H15N3O4S/c1-6(2)8-4-10(17-12-8)13-5-7(3-9(13)14)18(11,15)16/h4,6-7H,3,5H2,1-2H3,(H2,11,15,16). The molecule has 1 aromatic heterocycles. The van der Waals surface area contributed by atoms with E-state index in [1.54, 1.807) is 6.07 Å². The SMILES string of the molecule is CC(C)c1cc(N2CC(S(N)(=O)=O)CC2=O)on1. The number of hydrogen-bond donors (Lipinski definition) is 1. The molecule has 1 unspecified atom stereocenters. The third kappa shape index (κ3) is 2.39. The van der Waals surface area contributed by atoms with Crippen molar-refractivity contribution in [2.45, 2.75) is 31.4 Å². The summed E-state index contributed by atoms with van der Waals surface area (Å²) in [5, 5.41) is 8.00. The van der Waals surface area contributed by atoms with Gasteiger partial charge in [-0.1, -0.05) is 19.0 Å². The van der Waals surface area contributed by atoms with Crippen LogP contribution in [0.3, 0.4) is 0 Å². The second-order valence-corrected chi connectivity index (χ2v) is 6.51. The fourth-order valence-corrected chi connectivity index (χ4v) is 2.52. The average molecular weight is 273 g/mol. The number of amides is 1. The third-order valence-corrected chi connectivity index (χ3v) is 4.17. The van der Waals surface area contributed by atoms with Crippen molar-refractivity contribution in [2.75, 3.05) is 11.4 Å². The number of primary sulfonamides is 1. The molecule has 1 amide bonds. The number of anilines is 1. The maximum absolute atomic E-state index is 11.7. The van der Waals surface area contributed by atoms with E-state index in [0.717, 1.165) is 5.69 Å². The Kier molecular flexibility index (Phi) is 3.16. The van der Waals surface area contributed by atoms with E-state index in [1.807, 2.05) is 13.8 Å². The van der Waals surface area contributed by atoms with E-state index in [1.165, 1.54) is 4.90 Å². The fraction of sp³-hybridized carbons (Fsp3) is 0.600. The Morgan fingerprint density at radius 3 is 2.67 bits per heavy atom. The van der Waals surface area contributed by atoms with Gasteiger partial charge in [0.2, 0.25) is 21.8 Å². The molecule has 1 aliphatic heterocycles. The van der Waals surface area contributed by atoms with Gasteiger partial charge in [0.25, 0.3) is 0 Å². The Hall–Kier alpha value is -1.41. The van der Waals surface area contributed by atoms with Crippen molar-refractivity contribution in [3.63, 3.8) is 0 Å². The summed E-state index contributed by atoms with van der Waals surface area (Å²) in [6.07, 6.45) is -0.115. The predicted octanol–water partition coefficient (Wildman–Crippen LogP) is 0.192. The Bertz CT molecular complexity index is 563. The van der Waals surface area contributed by atoms with E-state index >= 15 is 0 Å². The molecule has 0 spiro atoms. The molecule has 1 atom stereocenters. The molecule has 2 heterocycles. The van der Waals surface area contributed by atoms with Crippen molar-refractivity contribution in [3.8, 4) is 0 Å². The minimum Gasteiger partial charge on any atom is -0.338 e. The van der Waals surface area contributed by atoms with Crippen LogP contribution < -0.4 is 10.0 Å². The lowest BCUT2D eigenvalue weighted by Crippen LogP contribution is -2.31. The molecule has 0 saturated carbocycles. The number of nitrogens with zero attached hydrogens (tertiary/aromatic N) is 2. The minimum absolute atomic E-state index is 0.0182. The summed E-state index contributed by atoms with van der Waals surface area (Å²) in [5.41, 5.74) is 0.719. The molecular weight excluding hydrogens is 258 g/mol. The molecule has 1 fully saturated rings. The predicted molar refractivity (Wildman–Crippen MR) is 64.5 cm³/mol. The largest absolute Gasteiger partial charge is 0.338 e. The summed E-state index contributed by atoms with van der Waals surface area (Å²) < 4.78 is 27.5. The molecule has 0 aliphatic carbocycles. The first-order valence-electron chi connectivity index (χ1n) is 5.57. The summed E-state index contributed by atoms with van der Waals surface area (Å²) in [6, 6.07) is 1.65. The summed E-state index contributed by atoms with van der Waals surface area (Å²) >= 11 is 0. The Morgan fingerprint density at radius 1 is 1.56 bits per heavy atom. The summed E-state index contributed by atoms with van der Waals surface area (Å²) in [4.78, 5) is 13.0. The van der Waals surface area contributed by atoms with E-state index in [4.69, 9.17) is 9.66 Å². The first-order chi connectivity index (χ1) is 8.29. The lowest BCUT2D eigenvalue weighted by Gasteiger charge is -2.10. The van der Waals surface area contributed by atoms with Crippen LogP contribution in [0.15, 0.2) is 10.6 Å². The zero-order chi connectivity index (χ0) is 13.5. The lowest BCUT2D eigenvalue weighted by molar-refractivity contribution is -0.117. The van der Waals surface area contributed by atoms with E-state index < -0.39 is 15.3 Å². The Morgan fingerprint density at radius 2 is 2.22 bits per heavy atom. The molecule has 1 saturated heterocycles. The van der Waals surface area contributed by atoms with Gasteiger partial charge in [0.15, 0.2) is 0 Å². The van der Waals surface area contributed by atoms with E-state index in [-0.39, 0.29) is 30.7 Å². The summed E-state index contributed by atoms with van der Waals surface area (Å²) in [7, 11) is -3.71. The van der Waals surface area contributed by atoms with Gasteiger partial charge in [-0.2, -0.15) is 0 Å². The Labute approximate surface area is 105 Å². The quantitative estimate of drug-likeness (QED) is 0.846. The van der Waals surface area contributed by atoms with Crippen LogP contribution in [0, 0.1) is 0 Å². The first-order valence-corrected chi connectivity index (χ1v) is 7.18. The van der Waals surface area contributed by atoms with Gasteiger partial charge >= 0.3 is 0 Å². The third-order valence-electron chi connectivity index (χ3n) is 2.93. The van der Waals surface area contributed by atoms with Gasteiger partial charge < -0.3 is 4.52 Å². The minimum atomic E-state index is -3.71. The smallest absolute Gasteiger partial charge is 0.234 e. The van der Waals surface area contributed by atoms with Crippen molar-refractivity contribution in [1.82, 2.24) is 5.16 Å². The highest BCUT2D eigenvalue weighted by atomic mass is 32.2. The van der Waals surface area contributed by atoms with Crippen molar-refractivity contribution in [2.24, 2.45) is 5.14 Å². The van der Waals surface area contributed by atoms with Crippen LogP contribution in [0.25, 0.3) is 0 Å². The molecular formula is C10H15N3O4S. The molecule has 0 bridgehead atoms. The zero-order valence-electron chi connectivity index (χ0n) is 10.2. The molecule has 7 nitrogen and oxygen atoms in total. The van der Waals surface area contributed by atoms with Crippen molar-refractivity contribution >= 4 is 21.8 Å². The highest BCUT2D eigenvalue weighted by molar-refractivity contribution is 7.89. The van der Waals surface area contributed by atoms with Crippen LogP contribution in [0.4, 0.5) is 5.88 Å². The van der Waals surface area contributed by atoms with Crippen LogP contribution in [0.5, 0.6) is 0 Å². The number of carbonyl (C=O) groups excluding carboxylic acids is 1. The molecule has 0 radical (unpaired) electrons. The van der Waals surface area contributed by atoms with E-state index in [0.29, 0.717) is 0 Å². The molecule has 2 rings (SSSR count). The van der Waals surface area contributed by atoms with Gasteiger partial charge in [0, 0.05) is 19.0 Å². The van der Waals surface area contributed by atoms with E-state index in [9.17, 15) is 13.2 Å².